The van der Waals surface area contributed by atoms with Crippen LogP contribution in [0.2, 0.25) is 0 Å². The molecule has 0 atom stereocenters. The van der Waals surface area contributed by atoms with E-state index in [0.29, 0.717) is 10.7 Å². The summed E-state index contributed by atoms with van der Waals surface area (Å²) >= 11 is 9.43. The minimum absolute atomic E-state index is 0.00244. The summed E-state index contributed by atoms with van der Waals surface area (Å²) < 4.78 is 1.71. The molecule has 0 aromatic carbocycles. The molecular weight excluding hydrogens is 440 g/mol. The Hall–Kier alpha value is -0.440. The molecule has 0 saturated heterocycles. The summed E-state index contributed by atoms with van der Waals surface area (Å²) in [6, 6.07) is 3.29. The van der Waals surface area contributed by atoms with Crippen molar-refractivity contribution in [3.63, 3.8) is 0 Å². The highest BCUT2D eigenvalue weighted by Crippen LogP contribution is 2.32. The lowest BCUT2D eigenvalue weighted by Crippen LogP contribution is -2.11. The van der Waals surface area contributed by atoms with Gasteiger partial charge in [0.2, 0.25) is 0 Å². The summed E-state index contributed by atoms with van der Waals surface area (Å²) in [5.41, 5.74) is 1.23. The number of halogens is 2. The Balaban J connectivity index is 2.07. The third-order valence-corrected chi connectivity index (χ3v) is 5.79. The number of nitrogens with one attached hydrogen (secondary N) is 1. The SMILES string of the molecule is CCCc1cc(=O)[nH]c(SCC(=O)c2cc(Br)sc2Br)n1. The highest BCUT2D eigenvalue weighted by Gasteiger charge is 2.14. The standard InChI is InChI=1S/C13H12Br2N2O2S2/c1-2-3-7-4-11(19)17-13(16-7)20-6-9(18)8-5-10(14)21-12(8)15/h4-5H,2-3,6H2,1H3,(H,16,17,19). The van der Waals surface area contributed by atoms with Crippen molar-refractivity contribution in [3.8, 4) is 0 Å². The predicted octanol–water partition coefficient (Wildman–Crippen LogP) is 4.28. The molecule has 112 valence electrons. The van der Waals surface area contributed by atoms with Crippen LogP contribution < -0.4 is 5.56 Å². The number of H-pyrrole nitrogens is 1. The van der Waals surface area contributed by atoms with E-state index in [4.69, 9.17) is 0 Å². The van der Waals surface area contributed by atoms with Crippen molar-refractivity contribution in [2.75, 3.05) is 5.75 Å². The monoisotopic (exact) mass is 450 g/mol. The number of carbonyl (C=O) groups is 1. The summed E-state index contributed by atoms with van der Waals surface area (Å²) in [7, 11) is 0. The first-order chi connectivity index (χ1) is 9.99. The smallest absolute Gasteiger partial charge is 0.251 e. The number of rotatable bonds is 6. The number of ketones is 1. The van der Waals surface area contributed by atoms with Crippen LogP contribution in [-0.2, 0) is 6.42 Å². The molecule has 21 heavy (non-hydrogen) atoms. The molecule has 8 heteroatoms. The van der Waals surface area contributed by atoms with Crippen molar-refractivity contribution in [1.82, 2.24) is 9.97 Å². The minimum atomic E-state index is -0.178. The van der Waals surface area contributed by atoms with E-state index in [9.17, 15) is 9.59 Å². The van der Waals surface area contributed by atoms with Crippen LogP contribution in [0, 0.1) is 0 Å². The molecule has 0 spiro atoms. The van der Waals surface area contributed by atoms with Gasteiger partial charge in [-0.2, -0.15) is 0 Å². The summed E-state index contributed by atoms with van der Waals surface area (Å²) in [6.07, 6.45) is 1.68. The number of thioether (sulfide) groups is 1. The average Bonchev–Trinajstić information content (AvgIpc) is 2.75. The van der Waals surface area contributed by atoms with Gasteiger partial charge in [-0.3, -0.25) is 9.59 Å². The van der Waals surface area contributed by atoms with E-state index in [0.717, 1.165) is 26.1 Å². The van der Waals surface area contributed by atoms with Crippen molar-refractivity contribution >= 4 is 60.7 Å². The first kappa shape index (κ1) is 16.9. The van der Waals surface area contributed by atoms with Crippen LogP contribution in [0.25, 0.3) is 0 Å². The van der Waals surface area contributed by atoms with Crippen LogP contribution in [0.3, 0.4) is 0 Å². The number of thiophene rings is 1. The second-order valence-corrected chi connectivity index (χ2v) is 8.96. The highest BCUT2D eigenvalue weighted by molar-refractivity contribution is 9.12. The fourth-order valence-electron chi connectivity index (χ4n) is 1.68. The molecule has 2 aromatic heterocycles. The molecule has 0 aliphatic rings. The molecule has 0 aliphatic carbocycles. The Morgan fingerprint density at radius 3 is 2.81 bits per heavy atom. The number of aromatic nitrogens is 2. The number of nitrogens with zero attached hydrogens (tertiary/aromatic N) is 1. The quantitative estimate of drug-likeness (QED) is 0.404. The van der Waals surface area contributed by atoms with Crippen molar-refractivity contribution in [2.45, 2.75) is 24.9 Å². The fraction of sp³-hybridized carbons (Fsp3) is 0.308. The van der Waals surface area contributed by atoms with E-state index >= 15 is 0 Å². The second-order valence-electron chi connectivity index (χ2n) is 4.24. The Bertz CT molecular complexity index is 712. The van der Waals surface area contributed by atoms with Gasteiger partial charge in [0.15, 0.2) is 10.9 Å². The van der Waals surface area contributed by atoms with Gasteiger partial charge in [0.05, 0.1) is 13.3 Å². The number of carbonyl (C=O) groups excluding carboxylic acids is 1. The van der Waals surface area contributed by atoms with Gasteiger partial charge in [-0.25, -0.2) is 4.98 Å². The summed E-state index contributed by atoms with van der Waals surface area (Å²) in [5, 5.41) is 0.490. The summed E-state index contributed by atoms with van der Waals surface area (Å²) in [6.45, 7) is 2.03. The third-order valence-electron chi connectivity index (χ3n) is 2.58. The van der Waals surface area contributed by atoms with Gasteiger partial charge in [0.1, 0.15) is 0 Å². The topological polar surface area (TPSA) is 62.8 Å². The van der Waals surface area contributed by atoms with Crippen molar-refractivity contribution in [3.05, 3.63) is 41.3 Å². The summed E-state index contributed by atoms with van der Waals surface area (Å²) in [5.74, 6) is 0.234. The highest BCUT2D eigenvalue weighted by atomic mass is 79.9. The number of aromatic amines is 1. The van der Waals surface area contributed by atoms with Gasteiger partial charge in [0.25, 0.3) is 5.56 Å². The maximum absolute atomic E-state index is 12.2. The lowest BCUT2D eigenvalue weighted by molar-refractivity contribution is 0.102. The maximum Gasteiger partial charge on any atom is 0.251 e. The lowest BCUT2D eigenvalue weighted by Gasteiger charge is -2.03. The molecule has 0 aliphatic heterocycles. The van der Waals surface area contributed by atoms with Gasteiger partial charge in [0, 0.05) is 17.3 Å². The van der Waals surface area contributed by atoms with Gasteiger partial charge >= 0.3 is 0 Å². The Morgan fingerprint density at radius 2 is 2.19 bits per heavy atom. The van der Waals surface area contributed by atoms with Crippen LogP contribution in [0.4, 0.5) is 0 Å². The first-order valence-corrected chi connectivity index (χ1v) is 9.59. The van der Waals surface area contributed by atoms with Crippen LogP contribution in [-0.4, -0.2) is 21.5 Å². The molecule has 2 aromatic rings. The van der Waals surface area contributed by atoms with Gasteiger partial charge in [-0.05, 0) is 44.3 Å². The average molecular weight is 452 g/mol. The van der Waals surface area contributed by atoms with Gasteiger partial charge in [-0.1, -0.05) is 25.1 Å². The number of hydrogen-bond donors (Lipinski definition) is 1. The zero-order valence-electron chi connectivity index (χ0n) is 11.1. The van der Waals surface area contributed by atoms with E-state index in [1.165, 1.54) is 29.2 Å². The van der Waals surface area contributed by atoms with Crippen LogP contribution in [0.1, 0.15) is 29.4 Å². The van der Waals surface area contributed by atoms with Crippen LogP contribution in [0.15, 0.2) is 29.7 Å². The largest absolute Gasteiger partial charge is 0.301 e. The van der Waals surface area contributed by atoms with Gasteiger partial charge in [-0.15, -0.1) is 11.3 Å². The molecular formula is C13H12Br2N2O2S2. The van der Waals surface area contributed by atoms with E-state index in [1.54, 1.807) is 6.07 Å². The molecule has 0 fully saturated rings. The minimum Gasteiger partial charge on any atom is -0.301 e. The van der Waals surface area contributed by atoms with Crippen molar-refractivity contribution < 1.29 is 4.79 Å². The van der Waals surface area contributed by atoms with E-state index in [-0.39, 0.29) is 17.1 Å². The zero-order valence-corrected chi connectivity index (χ0v) is 15.9. The Kier molecular flexibility index (Phi) is 6.21. The Labute approximate surface area is 147 Å². The molecule has 4 nitrogen and oxygen atoms in total. The molecule has 0 bridgehead atoms. The predicted molar refractivity (Wildman–Crippen MR) is 93.6 cm³/mol. The molecule has 2 heterocycles. The van der Waals surface area contributed by atoms with Crippen molar-refractivity contribution in [1.29, 1.82) is 0 Å². The maximum atomic E-state index is 12.2. The molecule has 0 amide bonds. The third kappa shape index (κ3) is 4.77. The molecule has 0 saturated carbocycles. The number of aryl methyl sites for hydroxylation is 1. The molecule has 0 radical (unpaired) electrons. The van der Waals surface area contributed by atoms with E-state index in [1.807, 2.05) is 6.92 Å². The molecule has 2 rings (SSSR count). The first-order valence-electron chi connectivity index (χ1n) is 6.20. The second kappa shape index (κ2) is 7.71. The van der Waals surface area contributed by atoms with E-state index in [2.05, 4.69) is 41.8 Å². The van der Waals surface area contributed by atoms with Crippen LogP contribution in [0.5, 0.6) is 0 Å². The zero-order chi connectivity index (χ0) is 15.4. The van der Waals surface area contributed by atoms with E-state index < -0.39 is 0 Å². The number of Topliss-reactive ketones (excluding diaryl/α,β-unsaturated/α-hetero) is 1. The molecule has 0 unspecified atom stereocenters. The van der Waals surface area contributed by atoms with Gasteiger partial charge < -0.3 is 4.98 Å². The normalized spacial score (nSPS) is 10.8. The fourth-order valence-corrected chi connectivity index (χ4v) is 5.31. The molecule has 1 N–H and O–H groups in total. The van der Waals surface area contributed by atoms with Crippen molar-refractivity contribution in [2.24, 2.45) is 0 Å². The van der Waals surface area contributed by atoms with Crippen LogP contribution >= 0.6 is 55.0 Å². The number of hydrogen-bond acceptors (Lipinski definition) is 5. The lowest BCUT2D eigenvalue weighted by atomic mass is 10.2. The summed E-state index contributed by atoms with van der Waals surface area (Å²) in [4.78, 5) is 30.7. The Morgan fingerprint density at radius 1 is 1.43 bits per heavy atom.